The van der Waals surface area contributed by atoms with Crippen molar-refractivity contribution in [2.45, 2.75) is 73.4 Å². The Bertz CT molecular complexity index is 3220. The number of benzene rings is 2. The van der Waals surface area contributed by atoms with Gasteiger partial charge in [0.15, 0.2) is 0 Å². The fraction of sp³-hybridized carbons (Fsp3) is 0.208. The molecule has 0 unspecified atom stereocenters. The molecule has 0 spiro atoms. The van der Waals surface area contributed by atoms with E-state index in [4.69, 9.17) is 22.7 Å². The first-order valence-electron chi connectivity index (χ1n) is 21.3. The van der Waals surface area contributed by atoms with E-state index in [1.54, 1.807) is 0 Å². The third kappa shape index (κ3) is 7.81. The van der Waals surface area contributed by atoms with Crippen molar-refractivity contribution >= 4 is 33.4 Å². The van der Waals surface area contributed by atoms with Gasteiger partial charge in [-0.05, 0) is 43.2 Å². The number of fused-ring (bicyclic) bond motifs is 2. The first-order valence-corrected chi connectivity index (χ1v) is 23.4. The molecule has 7 aromatic heterocycles. The summed E-state index contributed by atoms with van der Waals surface area (Å²) in [5.74, 6) is 0.783. The number of rotatable bonds is 11. The minimum absolute atomic E-state index is 0.141. The van der Waals surface area contributed by atoms with Crippen LogP contribution in [0.4, 0.5) is 0 Å². The molecule has 63 heavy (non-hydrogen) atoms. The van der Waals surface area contributed by atoms with E-state index in [1.165, 1.54) is 25.8 Å². The maximum absolute atomic E-state index is 5.52. The summed E-state index contributed by atoms with van der Waals surface area (Å²) < 4.78 is 16.3. The zero-order chi connectivity index (χ0) is 43.4. The maximum atomic E-state index is 5.52. The van der Waals surface area contributed by atoms with Crippen molar-refractivity contribution in [3.8, 4) is 33.4 Å². The molecule has 0 N–H and O–H groups in total. The van der Waals surface area contributed by atoms with Gasteiger partial charge in [-0.25, -0.2) is 0 Å². The summed E-state index contributed by atoms with van der Waals surface area (Å²) in [5, 5.41) is 4.20. The van der Waals surface area contributed by atoms with Gasteiger partial charge in [0.1, 0.15) is 5.76 Å². The second-order valence-corrected chi connectivity index (χ2v) is 20.0. The Morgan fingerprint density at radius 1 is 0.635 bits per heavy atom. The third-order valence-corrected chi connectivity index (χ3v) is 14.5. The van der Waals surface area contributed by atoms with Crippen molar-refractivity contribution < 1.29 is 26.0 Å². The quantitative estimate of drug-likeness (QED) is 0.120. The van der Waals surface area contributed by atoms with Gasteiger partial charge in [-0.2, -0.15) is 0 Å². The Kier molecular flexibility index (Phi) is 10.5. The summed E-state index contributed by atoms with van der Waals surface area (Å²) in [6.07, 6.45) is 13.1. The van der Waals surface area contributed by atoms with Crippen molar-refractivity contribution in [1.29, 1.82) is 0 Å². The molecule has 1 aliphatic rings. The normalized spacial score (nSPS) is 13.3. The number of halogens is 1. The van der Waals surface area contributed by atoms with Gasteiger partial charge in [0.05, 0.1) is 29.0 Å². The monoisotopic (exact) mass is 939 g/mol. The summed E-state index contributed by atoms with van der Waals surface area (Å²) >= 11 is -0.309. The van der Waals surface area contributed by atoms with Gasteiger partial charge in [-0.3, -0.25) is 9.97 Å². The standard InChI is InChI=1S/C53H48IN8O/c1-32-11-13-38(14-12-32)45-31-62(47-23-40(26-57-51(45)47)49-33(2)54-59-34(49)3)29-44-22-37(19-21-56-44)25-53(6,7)42-17-15-39(16-18-42)46-30-61(28-43-10-8-9-20-55-43)48-24-41(27-58-52(46)48)50-35(4)60-63-36(50)5/h8-24,26-27,30-31H,25,28-29H2,1-7H3/q-1. The van der Waals surface area contributed by atoms with Crippen LogP contribution < -0.4 is 21.5 Å². The van der Waals surface area contributed by atoms with E-state index in [9.17, 15) is 0 Å². The summed E-state index contributed by atoms with van der Waals surface area (Å²) in [5.41, 5.74) is 20.5. The van der Waals surface area contributed by atoms with Gasteiger partial charge < -0.3 is 9.09 Å². The molecular weight excluding hydrogens is 892 g/mol. The van der Waals surface area contributed by atoms with Gasteiger partial charge in [0.2, 0.25) is 0 Å². The van der Waals surface area contributed by atoms with E-state index in [0.717, 1.165) is 96.0 Å². The van der Waals surface area contributed by atoms with E-state index >= 15 is 0 Å². The van der Waals surface area contributed by atoms with Crippen LogP contribution in [0.2, 0.25) is 0 Å². The first kappa shape index (κ1) is 40.5. The molecule has 0 bridgehead atoms. The van der Waals surface area contributed by atoms with E-state index in [0.29, 0.717) is 13.1 Å². The molecule has 314 valence electrons. The number of pyridine rings is 4. The topological polar surface area (TPSA) is 99.8 Å². The number of allylic oxidation sites excluding steroid dienone is 2. The van der Waals surface area contributed by atoms with Crippen LogP contribution in [0.15, 0.2) is 139 Å². The van der Waals surface area contributed by atoms with Gasteiger partial charge >= 0.3 is 199 Å². The van der Waals surface area contributed by atoms with Gasteiger partial charge in [-0.15, -0.1) is 0 Å². The van der Waals surface area contributed by atoms with Crippen LogP contribution in [0.3, 0.4) is 0 Å². The van der Waals surface area contributed by atoms with E-state index < -0.39 is 0 Å². The molecule has 8 heterocycles. The molecule has 0 aliphatic carbocycles. The molecule has 0 saturated carbocycles. The van der Waals surface area contributed by atoms with Gasteiger partial charge in [-0.1, -0.05) is 49.3 Å². The Labute approximate surface area is 378 Å². The van der Waals surface area contributed by atoms with Crippen molar-refractivity contribution in [1.82, 2.24) is 34.2 Å². The summed E-state index contributed by atoms with van der Waals surface area (Å²) in [6, 6.07) is 32.7. The average molecular weight is 940 g/mol. The van der Waals surface area contributed by atoms with E-state index in [-0.39, 0.29) is 26.9 Å². The molecule has 10 rings (SSSR count). The second kappa shape index (κ2) is 16.3. The molecule has 10 heteroatoms. The van der Waals surface area contributed by atoms with Crippen LogP contribution in [0.1, 0.15) is 72.8 Å². The van der Waals surface area contributed by atoms with Crippen LogP contribution in [0, 0.1) is 20.8 Å². The molecule has 1 aliphatic heterocycles. The fourth-order valence-electron chi connectivity index (χ4n) is 9.07. The van der Waals surface area contributed by atoms with Crippen LogP contribution in [0.5, 0.6) is 0 Å². The number of aryl methyl sites for hydroxylation is 3. The number of nitrogens with zero attached hydrogens (tertiary/aromatic N) is 8. The van der Waals surface area contributed by atoms with Crippen molar-refractivity contribution in [3.05, 3.63) is 177 Å². The van der Waals surface area contributed by atoms with Crippen LogP contribution in [-0.4, -0.2) is 39.9 Å². The number of aromatic nitrogens is 7. The Balaban J connectivity index is 0.936. The molecule has 0 fully saturated rings. The predicted octanol–water partition coefficient (Wildman–Crippen LogP) is 8.92. The molecule has 9 nitrogen and oxygen atoms in total. The third-order valence-electron chi connectivity index (χ3n) is 12.3. The number of hydrogen-bond donors (Lipinski definition) is 0. The zero-order valence-corrected chi connectivity index (χ0v) is 38.8. The van der Waals surface area contributed by atoms with E-state index in [2.05, 4.69) is 145 Å². The first-order chi connectivity index (χ1) is 30.5. The molecular formula is C53H48IN8O-. The second-order valence-electron chi connectivity index (χ2n) is 17.4. The molecule has 0 saturated heterocycles. The Morgan fingerprint density at radius 2 is 1.27 bits per heavy atom. The molecule has 2 aromatic carbocycles. The van der Waals surface area contributed by atoms with E-state index in [1.807, 2.05) is 50.8 Å². The number of hydrogen-bond acceptors (Lipinski definition) is 7. The fourth-order valence-corrected chi connectivity index (χ4v) is 11.0. The molecule has 0 radical (unpaired) electrons. The van der Waals surface area contributed by atoms with Crippen molar-refractivity contribution in [2.24, 2.45) is 3.21 Å². The van der Waals surface area contributed by atoms with Crippen molar-refractivity contribution in [2.75, 3.05) is 0 Å². The van der Waals surface area contributed by atoms with Crippen molar-refractivity contribution in [3.63, 3.8) is 0 Å². The SMILES string of the molecule is CC1=N[I-]C(C)=C1c1cnc2c(-c3ccc(C)cc3)cn(Cc3cc(CC(C)(C)c4ccc(-c5cn(Cc6ccccn6)c6cc(-c7c(C)noc7C)cnc56)cc4)ccn3)c2c1. The zero-order valence-electron chi connectivity index (χ0n) is 36.6. The summed E-state index contributed by atoms with van der Waals surface area (Å²) in [6.45, 7) is 16.3. The van der Waals surface area contributed by atoms with Crippen LogP contribution in [-0.2, 0) is 24.9 Å². The van der Waals surface area contributed by atoms with Crippen LogP contribution >= 0.6 is 0 Å². The molecule has 9 aromatic rings. The van der Waals surface area contributed by atoms with Gasteiger partial charge in [0.25, 0.3) is 0 Å². The average Bonchev–Trinajstić information content (AvgIpc) is 4.03. The summed E-state index contributed by atoms with van der Waals surface area (Å²) in [4.78, 5) is 19.7. The summed E-state index contributed by atoms with van der Waals surface area (Å²) in [7, 11) is 0. The minimum atomic E-state index is -0.309. The Hall–Kier alpha value is -6.53. The van der Waals surface area contributed by atoms with Crippen LogP contribution in [0.25, 0.3) is 61.0 Å². The molecule has 0 atom stereocenters. The Morgan fingerprint density at radius 3 is 1.89 bits per heavy atom. The predicted molar refractivity (Wildman–Crippen MR) is 249 cm³/mol. The molecule has 0 amide bonds. The van der Waals surface area contributed by atoms with Gasteiger partial charge in [0, 0.05) is 35.3 Å².